The minimum atomic E-state index is -3.40. The first-order valence-corrected chi connectivity index (χ1v) is 7.40. The normalized spacial score (nSPS) is 50.6. The van der Waals surface area contributed by atoms with Crippen molar-refractivity contribution in [3.8, 4) is 0 Å². The van der Waals surface area contributed by atoms with Gasteiger partial charge in [0.25, 0.3) is 10.1 Å². The highest BCUT2D eigenvalue weighted by Crippen LogP contribution is 2.41. The summed E-state index contributed by atoms with van der Waals surface area (Å²) in [7, 11) is -3.40. The standard InChI is InChI=1S/C8H13IO4S/c1-3-5-6(9)8-7(12-5)4(2)13-14(8,10)11/h4-8H,3H2,1-2H3. The lowest BCUT2D eigenvalue weighted by Gasteiger charge is -2.15. The molecule has 0 aromatic rings. The van der Waals surface area contributed by atoms with Crippen molar-refractivity contribution in [2.24, 2.45) is 0 Å². The second-order valence-electron chi connectivity index (χ2n) is 3.75. The number of halogens is 1. The monoisotopic (exact) mass is 332 g/mol. The number of ether oxygens (including phenoxy) is 1. The Morgan fingerprint density at radius 2 is 2.07 bits per heavy atom. The van der Waals surface area contributed by atoms with Crippen molar-refractivity contribution >= 4 is 32.7 Å². The van der Waals surface area contributed by atoms with Crippen LogP contribution in [0.3, 0.4) is 0 Å². The Bertz CT molecular complexity index is 328. The molecule has 0 radical (unpaired) electrons. The van der Waals surface area contributed by atoms with E-state index in [1.165, 1.54) is 0 Å². The minimum absolute atomic E-state index is 0.0116. The Balaban J connectivity index is 2.32. The largest absolute Gasteiger partial charge is 0.370 e. The van der Waals surface area contributed by atoms with Crippen LogP contribution < -0.4 is 0 Å². The fourth-order valence-electron chi connectivity index (χ4n) is 2.10. The van der Waals surface area contributed by atoms with Crippen molar-refractivity contribution in [1.82, 2.24) is 0 Å². The number of hydrogen-bond donors (Lipinski definition) is 0. The summed E-state index contributed by atoms with van der Waals surface area (Å²) in [6.07, 6.45) is 0.292. The summed E-state index contributed by atoms with van der Waals surface area (Å²) in [6.45, 7) is 3.76. The average molecular weight is 332 g/mol. The highest BCUT2D eigenvalue weighted by Gasteiger charge is 2.57. The Labute approximate surface area is 97.6 Å². The Kier molecular flexibility index (Phi) is 2.83. The molecule has 2 aliphatic rings. The topological polar surface area (TPSA) is 52.6 Å². The predicted molar refractivity (Wildman–Crippen MR) is 60.0 cm³/mol. The molecule has 14 heavy (non-hydrogen) atoms. The number of alkyl halides is 1. The Morgan fingerprint density at radius 3 is 2.57 bits per heavy atom. The Morgan fingerprint density at radius 1 is 1.43 bits per heavy atom. The lowest BCUT2D eigenvalue weighted by atomic mass is 10.1. The van der Waals surface area contributed by atoms with E-state index in [1.54, 1.807) is 6.92 Å². The van der Waals surface area contributed by atoms with Gasteiger partial charge >= 0.3 is 0 Å². The highest BCUT2D eigenvalue weighted by atomic mass is 127. The van der Waals surface area contributed by atoms with Crippen LogP contribution in [0.5, 0.6) is 0 Å². The summed E-state index contributed by atoms with van der Waals surface area (Å²) in [6, 6.07) is 0. The van der Waals surface area contributed by atoms with E-state index < -0.39 is 15.4 Å². The van der Waals surface area contributed by atoms with Gasteiger partial charge < -0.3 is 4.74 Å². The first kappa shape index (κ1) is 11.1. The van der Waals surface area contributed by atoms with Crippen LogP contribution in [-0.2, 0) is 19.0 Å². The maximum Gasteiger partial charge on any atom is 0.274 e. The van der Waals surface area contributed by atoms with Crippen LogP contribution in [0.15, 0.2) is 0 Å². The third-order valence-corrected chi connectivity index (χ3v) is 6.67. The van der Waals surface area contributed by atoms with Crippen LogP contribution in [0.4, 0.5) is 0 Å². The van der Waals surface area contributed by atoms with E-state index >= 15 is 0 Å². The zero-order valence-electron chi connectivity index (χ0n) is 8.01. The van der Waals surface area contributed by atoms with Crippen molar-refractivity contribution in [3.05, 3.63) is 0 Å². The van der Waals surface area contributed by atoms with Gasteiger partial charge in [-0.3, -0.25) is 4.18 Å². The molecule has 82 valence electrons. The predicted octanol–water partition coefficient (Wildman–Crippen LogP) is 1.08. The van der Waals surface area contributed by atoms with Gasteiger partial charge in [-0.1, -0.05) is 29.5 Å². The van der Waals surface area contributed by atoms with E-state index in [4.69, 9.17) is 8.92 Å². The van der Waals surface area contributed by atoms with E-state index in [0.717, 1.165) is 6.42 Å². The van der Waals surface area contributed by atoms with Crippen LogP contribution in [0, 0.1) is 0 Å². The smallest absolute Gasteiger partial charge is 0.274 e. The van der Waals surface area contributed by atoms with E-state index in [-0.39, 0.29) is 22.2 Å². The molecular formula is C8H13IO4S. The molecule has 0 spiro atoms. The zero-order valence-corrected chi connectivity index (χ0v) is 11.0. The van der Waals surface area contributed by atoms with Crippen molar-refractivity contribution < 1.29 is 17.3 Å². The van der Waals surface area contributed by atoms with Crippen molar-refractivity contribution in [2.75, 3.05) is 0 Å². The molecule has 2 saturated heterocycles. The first-order chi connectivity index (χ1) is 6.47. The molecule has 6 heteroatoms. The summed E-state index contributed by atoms with van der Waals surface area (Å²) in [5.41, 5.74) is 0. The Hall–Kier alpha value is 0.600. The van der Waals surface area contributed by atoms with Gasteiger partial charge in [-0.25, -0.2) is 0 Å². The summed E-state index contributed by atoms with van der Waals surface area (Å²) in [4.78, 5) is 0. The van der Waals surface area contributed by atoms with Crippen LogP contribution >= 0.6 is 22.6 Å². The maximum atomic E-state index is 11.6. The fraction of sp³-hybridized carbons (Fsp3) is 1.00. The highest BCUT2D eigenvalue weighted by molar-refractivity contribution is 14.1. The molecule has 4 nitrogen and oxygen atoms in total. The molecule has 0 N–H and O–H groups in total. The number of hydrogen-bond acceptors (Lipinski definition) is 4. The van der Waals surface area contributed by atoms with Crippen molar-refractivity contribution in [3.63, 3.8) is 0 Å². The minimum Gasteiger partial charge on any atom is -0.370 e. The molecule has 0 aliphatic carbocycles. The molecule has 0 aromatic carbocycles. The average Bonchev–Trinajstić information content (AvgIpc) is 2.51. The molecule has 5 atom stereocenters. The number of rotatable bonds is 1. The number of fused-ring (bicyclic) bond motifs is 1. The molecule has 2 rings (SSSR count). The molecule has 0 saturated carbocycles. The van der Waals surface area contributed by atoms with Gasteiger partial charge in [-0.15, -0.1) is 0 Å². The maximum absolute atomic E-state index is 11.6. The summed E-state index contributed by atoms with van der Waals surface area (Å²) < 4.78 is 33.9. The van der Waals surface area contributed by atoms with Crippen molar-refractivity contribution in [2.45, 2.75) is 47.8 Å². The third kappa shape index (κ3) is 1.50. The molecule has 2 heterocycles. The molecular weight excluding hydrogens is 319 g/mol. The van der Waals surface area contributed by atoms with Crippen LogP contribution in [0.25, 0.3) is 0 Å². The van der Waals surface area contributed by atoms with Gasteiger partial charge in [-0.05, 0) is 13.3 Å². The third-order valence-electron chi connectivity index (χ3n) is 2.81. The van der Waals surface area contributed by atoms with E-state index in [0.29, 0.717) is 0 Å². The van der Waals surface area contributed by atoms with E-state index in [1.807, 2.05) is 6.92 Å². The molecule has 2 aliphatic heterocycles. The van der Waals surface area contributed by atoms with Gasteiger partial charge in [-0.2, -0.15) is 8.42 Å². The summed E-state index contributed by atoms with van der Waals surface area (Å²) in [5.74, 6) is 0. The van der Waals surface area contributed by atoms with Gasteiger partial charge in [0.15, 0.2) is 0 Å². The first-order valence-electron chi connectivity index (χ1n) is 4.69. The van der Waals surface area contributed by atoms with Crippen molar-refractivity contribution in [1.29, 1.82) is 0 Å². The molecule has 0 aromatic heterocycles. The van der Waals surface area contributed by atoms with Crippen LogP contribution in [0.2, 0.25) is 0 Å². The van der Waals surface area contributed by atoms with Gasteiger partial charge in [0.2, 0.25) is 0 Å². The van der Waals surface area contributed by atoms with Gasteiger partial charge in [0, 0.05) is 0 Å². The lowest BCUT2D eigenvalue weighted by Crippen LogP contribution is -2.31. The summed E-state index contributed by atoms with van der Waals surface area (Å²) >= 11 is 2.16. The SMILES string of the molecule is CCC1OC2C(C)OS(=O)(=O)C2C1I. The molecule has 0 amide bonds. The van der Waals surface area contributed by atoms with Crippen LogP contribution in [-0.4, -0.2) is 35.9 Å². The zero-order chi connectivity index (χ0) is 10.5. The quantitative estimate of drug-likeness (QED) is 0.410. The van der Waals surface area contributed by atoms with Crippen LogP contribution in [0.1, 0.15) is 20.3 Å². The second-order valence-corrected chi connectivity index (χ2v) is 6.91. The van der Waals surface area contributed by atoms with E-state index in [9.17, 15) is 8.42 Å². The fourth-order valence-corrected chi connectivity index (χ4v) is 6.03. The van der Waals surface area contributed by atoms with Gasteiger partial charge in [0.1, 0.15) is 17.5 Å². The molecule has 2 fully saturated rings. The molecule has 5 unspecified atom stereocenters. The summed E-state index contributed by atoms with van der Waals surface area (Å²) in [5, 5.41) is -0.469. The lowest BCUT2D eigenvalue weighted by molar-refractivity contribution is 0.000221. The van der Waals surface area contributed by atoms with Gasteiger partial charge in [0.05, 0.1) is 10.0 Å². The van der Waals surface area contributed by atoms with E-state index in [2.05, 4.69) is 22.6 Å². The molecule has 0 bridgehead atoms. The second kappa shape index (κ2) is 3.57.